The third kappa shape index (κ3) is 5.62. The zero-order chi connectivity index (χ0) is 23.7. The van der Waals surface area contributed by atoms with Crippen LogP contribution in [0.5, 0.6) is 0 Å². The van der Waals surface area contributed by atoms with Crippen LogP contribution in [0.2, 0.25) is 19.1 Å². The molecule has 7 N–H and O–H groups in total. The number of primary amides is 1. The van der Waals surface area contributed by atoms with Gasteiger partial charge in [-0.25, -0.2) is 0 Å². The Kier molecular flexibility index (Phi) is 7.84. The largest absolute Gasteiger partial charge is 0.391 e. The molecule has 12 heteroatoms. The number of amides is 4. The Balaban J connectivity index is 2.23. The van der Waals surface area contributed by atoms with Gasteiger partial charge in [-0.15, -0.1) is 0 Å². The molecule has 11 nitrogen and oxygen atoms in total. The molecule has 0 bridgehead atoms. The van der Waals surface area contributed by atoms with Crippen molar-refractivity contribution < 1.29 is 29.4 Å². The Hall–Kier alpha value is -2.02. The van der Waals surface area contributed by atoms with Gasteiger partial charge in [-0.3, -0.25) is 19.2 Å². The van der Waals surface area contributed by atoms with Gasteiger partial charge in [0.1, 0.15) is 24.2 Å². The van der Waals surface area contributed by atoms with E-state index in [4.69, 9.17) is 11.5 Å². The molecule has 0 unspecified atom stereocenters. The van der Waals surface area contributed by atoms with Crippen LogP contribution in [0.25, 0.3) is 0 Å². The normalized spacial score (nSPS) is 26.8. The summed E-state index contributed by atoms with van der Waals surface area (Å²) in [7, 11) is -1.94. The summed E-state index contributed by atoms with van der Waals surface area (Å²) in [6.07, 6.45) is -0.734. The quantitative estimate of drug-likeness (QED) is 0.262. The van der Waals surface area contributed by atoms with Gasteiger partial charge in [0.15, 0.2) is 0 Å². The van der Waals surface area contributed by atoms with Crippen molar-refractivity contribution in [2.45, 2.75) is 82.2 Å². The molecule has 2 rings (SSSR count). The molecule has 0 aromatic heterocycles. The summed E-state index contributed by atoms with van der Waals surface area (Å²) in [6, 6.07) is -3.45. The van der Waals surface area contributed by atoms with Gasteiger partial charge in [-0.05, 0) is 32.7 Å². The van der Waals surface area contributed by atoms with E-state index in [0.717, 1.165) is 0 Å². The van der Waals surface area contributed by atoms with Gasteiger partial charge in [-0.2, -0.15) is 0 Å². The van der Waals surface area contributed by atoms with Crippen LogP contribution in [0.4, 0.5) is 0 Å². The Morgan fingerprint density at radius 2 is 1.68 bits per heavy atom. The van der Waals surface area contributed by atoms with Crippen molar-refractivity contribution in [2.24, 2.45) is 11.5 Å². The third-order valence-electron chi connectivity index (χ3n) is 6.02. The number of carbonyl (C=O) groups is 4. The van der Waals surface area contributed by atoms with E-state index in [1.807, 2.05) is 0 Å². The fraction of sp³-hybridized carbons (Fsp3) is 0.789. The number of rotatable bonds is 7. The van der Waals surface area contributed by atoms with Crippen LogP contribution in [-0.2, 0) is 19.2 Å². The molecule has 2 heterocycles. The molecular weight excluding hydrogens is 422 g/mol. The lowest BCUT2D eigenvalue weighted by molar-refractivity contribution is -0.148. The predicted octanol–water partition coefficient (Wildman–Crippen LogP) is -2.51. The average molecular weight is 458 g/mol. The van der Waals surface area contributed by atoms with Crippen molar-refractivity contribution in [3.63, 3.8) is 0 Å². The molecule has 0 aromatic carbocycles. The van der Waals surface area contributed by atoms with E-state index in [-0.39, 0.29) is 5.91 Å². The summed E-state index contributed by atoms with van der Waals surface area (Å²) in [6.45, 7) is 7.23. The van der Waals surface area contributed by atoms with E-state index >= 15 is 0 Å². The highest BCUT2D eigenvalue weighted by Crippen LogP contribution is 2.30. The molecule has 2 aliphatic rings. The number of nitrogens with one attached hydrogen (secondary N) is 1. The van der Waals surface area contributed by atoms with Crippen molar-refractivity contribution >= 4 is 31.7 Å². The van der Waals surface area contributed by atoms with Gasteiger partial charge in [-0.1, -0.05) is 13.1 Å². The maximum atomic E-state index is 13.4. The lowest BCUT2D eigenvalue weighted by Crippen LogP contribution is -2.58. The fourth-order valence-corrected chi connectivity index (χ4v) is 7.17. The van der Waals surface area contributed by atoms with Crippen LogP contribution in [0, 0.1) is 0 Å². The Morgan fingerprint density at radius 3 is 2.19 bits per heavy atom. The van der Waals surface area contributed by atoms with Gasteiger partial charge in [0, 0.05) is 12.7 Å². The van der Waals surface area contributed by atoms with E-state index in [9.17, 15) is 29.4 Å². The molecule has 4 amide bonds. The molecule has 0 aliphatic carbocycles. The van der Waals surface area contributed by atoms with E-state index in [0.29, 0.717) is 31.6 Å². The highest BCUT2D eigenvalue weighted by molar-refractivity contribution is 6.79. The number of nitrogens with zero attached hydrogens (tertiary/aromatic N) is 2. The molecule has 2 aliphatic heterocycles. The zero-order valence-corrected chi connectivity index (χ0v) is 19.6. The van der Waals surface area contributed by atoms with Gasteiger partial charge in [0.2, 0.25) is 23.6 Å². The molecular formula is C19H35N5O6Si. The molecule has 2 fully saturated rings. The van der Waals surface area contributed by atoms with E-state index in [1.165, 1.54) is 23.6 Å². The summed E-state index contributed by atoms with van der Waals surface area (Å²) in [5, 5.41) is 21.9. The van der Waals surface area contributed by atoms with E-state index < -0.39 is 62.2 Å². The van der Waals surface area contributed by atoms with Crippen LogP contribution in [0.3, 0.4) is 0 Å². The summed E-state index contributed by atoms with van der Waals surface area (Å²) in [5.41, 5.74) is 11.1. The van der Waals surface area contributed by atoms with Crippen LogP contribution in [-0.4, -0.2) is 101 Å². The maximum Gasteiger partial charge on any atom is 0.245 e. The molecule has 0 saturated carbocycles. The lowest BCUT2D eigenvalue weighted by Gasteiger charge is -2.33. The molecule has 2 saturated heterocycles. The second-order valence-electron chi connectivity index (χ2n) is 9.44. The van der Waals surface area contributed by atoms with Crippen molar-refractivity contribution in [3.8, 4) is 0 Å². The molecule has 0 aromatic rings. The molecule has 0 radical (unpaired) electrons. The van der Waals surface area contributed by atoms with Gasteiger partial charge < -0.3 is 36.8 Å². The van der Waals surface area contributed by atoms with Crippen molar-refractivity contribution in [1.29, 1.82) is 0 Å². The number of aliphatic hydroxyl groups excluding tert-OH is 2. The summed E-state index contributed by atoms with van der Waals surface area (Å²) in [4.78, 5) is 53.5. The van der Waals surface area contributed by atoms with Gasteiger partial charge in [0.05, 0.1) is 20.3 Å². The number of nitrogens with two attached hydrogens (primary N) is 2. The van der Waals surface area contributed by atoms with Crippen molar-refractivity contribution in [3.05, 3.63) is 0 Å². The van der Waals surface area contributed by atoms with Crippen LogP contribution >= 0.6 is 0 Å². The number of hydrogen-bond acceptors (Lipinski definition) is 7. The Bertz CT molecular complexity index is 731. The molecule has 176 valence electrons. The number of carbonyl (C=O) groups excluding carboxylic acids is 4. The fourth-order valence-electron chi connectivity index (χ4n) is 4.29. The molecule has 6 atom stereocenters. The highest BCUT2D eigenvalue weighted by atomic mass is 28.3. The minimum atomic E-state index is -1.94. The Morgan fingerprint density at radius 1 is 1.06 bits per heavy atom. The predicted molar refractivity (Wildman–Crippen MR) is 115 cm³/mol. The maximum absolute atomic E-state index is 13.4. The average Bonchev–Trinajstić information content (AvgIpc) is 3.27. The minimum Gasteiger partial charge on any atom is -0.391 e. The van der Waals surface area contributed by atoms with Crippen LogP contribution in [0.1, 0.15) is 26.7 Å². The van der Waals surface area contributed by atoms with E-state index in [2.05, 4.69) is 18.4 Å². The monoisotopic (exact) mass is 457 g/mol. The first-order chi connectivity index (χ1) is 14.3. The number of likely N-dealkylation sites (tertiary alicyclic amines) is 1. The first kappa shape index (κ1) is 25.2. The van der Waals surface area contributed by atoms with Crippen LogP contribution < -0.4 is 16.8 Å². The second-order valence-corrected chi connectivity index (χ2v) is 14.5. The first-order valence-corrected chi connectivity index (χ1v) is 14.0. The van der Waals surface area contributed by atoms with Gasteiger partial charge in [0.25, 0.3) is 0 Å². The van der Waals surface area contributed by atoms with E-state index in [1.54, 1.807) is 0 Å². The number of hydrogen-bond donors (Lipinski definition) is 5. The second kappa shape index (κ2) is 9.63. The third-order valence-corrected chi connectivity index (χ3v) is 8.71. The SMILES string of the molecule is C[C@H](O)[C@@H](NC(=O)[C@H]1C[Si](C)(C)CN1C(=O)[C@H]1CCCN1C(=O)[C@@H](N)[C@@H](C)O)C(N)=O. The zero-order valence-electron chi connectivity index (χ0n) is 18.6. The summed E-state index contributed by atoms with van der Waals surface area (Å²) >= 11 is 0. The summed E-state index contributed by atoms with van der Waals surface area (Å²) in [5.74, 6) is -2.25. The molecule has 31 heavy (non-hydrogen) atoms. The lowest BCUT2D eigenvalue weighted by atomic mass is 10.1. The minimum absolute atomic E-state index is 0.338. The first-order valence-electron chi connectivity index (χ1n) is 10.6. The van der Waals surface area contributed by atoms with Crippen molar-refractivity contribution in [2.75, 3.05) is 12.7 Å². The smallest absolute Gasteiger partial charge is 0.245 e. The van der Waals surface area contributed by atoms with Crippen molar-refractivity contribution in [1.82, 2.24) is 15.1 Å². The van der Waals surface area contributed by atoms with Crippen LogP contribution in [0.15, 0.2) is 0 Å². The standard InChI is InChI=1S/C19H35N5O6Si/c1-10(25)14(20)19(30)23-7-5-6-12(23)18(29)24-9-31(3,4)8-13(24)17(28)22-15(11(2)26)16(21)27/h10-15,25-26H,5-9,20H2,1-4H3,(H2,21,27)(H,22,28)/t10-,11+,12-,13-,14+,15-/m1/s1. The van der Waals surface area contributed by atoms with Gasteiger partial charge >= 0.3 is 0 Å². The number of aliphatic hydroxyl groups is 2. The summed E-state index contributed by atoms with van der Waals surface area (Å²) < 4.78 is 0. The highest BCUT2D eigenvalue weighted by Gasteiger charge is 2.49. The Labute approximate surface area is 183 Å². The molecule has 0 spiro atoms. The topological polar surface area (TPSA) is 179 Å².